The zero-order valence-electron chi connectivity index (χ0n) is 19.9. The molecule has 176 valence electrons. The third-order valence-corrected chi connectivity index (χ3v) is 7.27. The zero-order valence-corrected chi connectivity index (χ0v) is 19.9. The first-order valence-electron chi connectivity index (χ1n) is 12.5. The van der Waals surface area contributed by atoms with Gasteiger partial charge in [0.2, 0.25) is 11.8 Å². The zero-order chi connectivity index (χ0) is 23.0. The van der Waals surface area contributed by atoms with Gasteiger partial charge < -0.3 is 14.7 Å². The van der Waals surface area contributed by atoms with Crippen LogP contribution in [0, 0.1) is 11.8 Å². The van der Waals surface area contributed by atoms with Crippen LogP contribution < -0.4 is 4.90 Å². The molecule has 2 aromatic carbocycles. The van der Waals surface area contributed by atoms with E-state index in [1.807, 2.05) is 35.2 Å². The number of carbonyl (C=O) groups excluding carboxylic acids is 2. The Kier molecular flexibility index (Phi) is 8.16. The van der Waals surface area contributed by atoms with Gasteiger partial charge in [-0.3, -0.25) is 9.59 Å². The quantitative estimate of drug-likeness (QED) is 0.578. The molecular formula is C28H37N3O2. The summed E-state index contributed by atoms with van der Waals surface area (Å²) in [5.41, 5.74) is 2.38. The molecule has 0 spiro atoms. The first-order chi connectivity index (χ1) is 16.1. The lowest BCUT2D eigenvalue weighted by atomic mass is 9.90. The van der Waals surface area contributed by atoms with Crippen molar-refractivity contribution in [3.05, 3.63) is 66.2 Å². The van der Waals surface area contributed by atoms with Crippen LogP contribution in [0.4, 0.5) is 5.69 Å². The van der Waals surface area contributed by atoms with Crippen LogP contribution in [-0.4, -0.2) is 61.4 Å². The van der Waals surface area contributed by atoms with Crippen molar-refractivity contribution in [3.8, 4) is 0 Å². The number of likely N-dealkylation sites (tertiary alicyclic amines) is 2. The lowest BCUT2D eigenvalue weighted by Gasteiger charge is -2.33. The number of anilines is 1. The molecule has 1 unspecified atom stereocenters. The van der Waals surface area contributed by atoms with Gasteiger partial charge in [-0.1, -0.05) is 48.5 Å². The van der Waals surface area contributed by atoms with E-state index in [2.05, 4.69) is 35.2 Å². The maximum absolute atomic E-state index is 13.3. The molecule has 2 amide bonds. The maximum Gasteiger partial charge on any atom is 0.232 e. The van der Waals surface area contributed by atoms with E-state index >= 15 is 0 Å². The SMILES string of the molecule is CN1CC(C(=O)N(CCCN2CCC(CCc3ccccc3)CC2)c2ccccc2)CC1=O. The van der Waals surface area contributed by atoms with Gasteiger partial charge in [0, 0.05) is 32.2 Å². The molecule has 0 aliphatic carbocycles. The van der Waals surface area contributed by atoms with Gasteiger partial charge in [-0.2, -0.15) is 0 Å². The van der Waals surface area contributed by atoms with Crippen molar-refractivity contribution in [2.75, 3.05) is 44.7 Å². The molecule has 5 nitrogen and oxygen atoms in total. The van der Waals surface area contributed by atoms with Crippen LogP contribution in [0.25, 0.3) is 0 Å². The topological polar surface area (TPSA) is 43.9 Å². The molecule has 4 rings (SSSR count). The Morgan fingerprint density at radius 2 is 1.67 bits per heavy atom. The predicted octanol–water partition coefficient (Wildman–Crippen LogP) is 4.23. The molecule has 2 fully saturated rings. The average molecular weight is 448 g/mol. The van der Waals surface area contributed by atoms with Gasteiger partial charge in [-0.25, -0.2) is 0 Å². The van der Waals surface area contributed by atoms with Crippen molar-refractivity contribution < 1.29 is 9.59 Å². The molecule has 33 heavy (non-hydrogen) atoms. The molecule has 2 saturated heterocycles. The molecule has 1 atom stereocenters. The molecule has 2 heterocycles. The summed E-state index contributed by atoms with van der Waals surface area (Å²) >= 11 is 0. The Morgan fingerprint density at radius 3 is 2.30 bits per heavy atom. The average Bonchev–Trinajstić information content (AvgIpc) is 3.20. The van der Waals surface area contributed by atoms with Crippen molar-refractivity contribution >= 4 is 17.5 Å². The van der Waals surface area contributed by atoms with E-state index in [1.165, 1.54) is 31.2 Å². The molecule has 0 N–H and O–H groups in total. The lowest BCUT2D eigenvalue weighted by molar-refractivity contribution is -0.127. The van der Waals surface area contributed by atoms with Crippen molar-refractivity contribution in [1.29, 1.82) is 0 Å². The molecule has 2 aliphatic rings. The summed E-state index contributed by atoms with van der Waals surface area (Å²) < 4.78 is 0. The van der Waals surface area contributed by atoms with Gasteiger partial charge in [0.05, 0.1) is 5.92 Å². The number of piperidine rings is 1. The van der Waals surface area contributed by atoms with E-state index in [1.54, 1.807) is 11.9 Å². The summed E-state index contributed by atoms with van der Waals surface area (Å²) in [6, 6.07) is 20.7. The van der Waals surface area contributed by atoms with Gasteiger partial charge in [-0.05, 0) is 75.4 Å². The second kappa shape index (κ2) is 11.5. The number of amides is 2. The van der Waals surface area contributed by atoms with E-state index < -0.39 is 0 Å². The molecule has 0 aromatic heterocycles. The largest absolute Gasteiger partial charge is 0.345 e. The standard InChI is InChI=1S/C28H37N3O2/c1-29-22-25(21-27(29)32)28(33)31(26-11-6-3-7-12-26)18-8-17-30-19-15-24(16-20-30)14-13-23-9-4-2-5-10-23/h2-7,9-12,24-25H,8,13-22H2,1H3. The van der Waals surface area contributed by atoms with Crippen LogP contribution in [0.5, 0.6) is 0 Å². The number of para-hydroxylation sites is 1. The highest BCUT2D eigenvalue weighted by atomic mass is 16.2. The Morgan fingerprint density at radius 1 is 1.00 bits per heavy atom. The predicted molar refractivity (Wildman–Crippen MR) is 133 cm³/mol. The molecule has 2 aliphatic heterocycles. The van der Waals surface area contributed by atoms with E-state index in [0.717, 1.165) is 37.7 Å². The maximum atomic E-state index is 13.3. The smallest absolute Gasteiger partial charge is 0.232 e. The third kappa shape index (κ3) is 6.44. The number of benzene rings is 2. The van der Waals surface area contributed by atoms with E-state index in [0.29, 0.717) is 19.5 Å². The summed E-state index contributed by atoms with van der Waals surface area (Å²) in [5, 5.41) is 0. The van der Waals surface area contributed by atoms with Crippen molar-refractivity contribution in [3.63, 3.8) is 0 Å². The van der Waals surface area contributed by atoms with Crippen LogP contribution >= 0.6 is 0 Å². The number of carbonyl (C=O) groups is 2. The number of hydrogen-bond acceptors (Lipinski definition) is 3. The van der Waals surface area contributed by atoms with Gasteiger partial charge in [-0.15, -0.1) is 0 Å². The fourth-order valence-electron chi connectivity index (χ4n) is 5.19. The van der Waals surface area contributed by atoms with Gasteiger partial charge in [0.25, 0.3) is 0 Å². The first-order valence-corrected chi connectivity index (χ1v) is 12.5. The Labute approximate surface area is 198 Å². The summed E-state index contributed by atoms with van der Waals surface area (Å²) in [6.07, 6.45) is 6.28. The summed E-state index contributed by atoms with van der Waals surface area (Å²) in [6.45, 7) is 4.55. The summed E-state index contributed by atoms with van der Waals surface area (Å²) in [5.74, 6) is 0.735. The normalized spacial score (nSPS) is 19.7. The fraction of sp³-hybridized carbons (Fsp3) is 0.500. The van der Waals surface area contributed by atoms with Crippen molar-refractivity contribution in [2.45, 2.75) is 38.5 Å². The molecule has 0 saturated carbocycles. The highest BCUT2D eigenvalue weighted by molar-refractivity contribution is 5.98. The number of rotatable bonds is 9. The highest BCUT2D eigenvalue weighted by Crippen LogP contribution is 2.25. The van der Waals surface area contributed by atoms with Crippen molar-refractivity contribution in [2.24, 2.45) is 11.8 Å². The fourth-order valence-corrected chi connectivity index (χ4v) is 5.19. The number of hydrogen-bond donors (Lipinski definition) is 0. The van der Waals surface area contributed by atoms with E-state index in [-0.39, 0.29) is 17.7 Å². The summed E-state index contributed by atoms with van der Waals surface area (Å²) in [7, 11) is 1.78. The first kappa shape index (κ1) is 23.5. The minimum absolute atomic E-state index is 0.0662. The monoisotopic (exact) mass is 447 g/mol. The van der Waals surface area contributed by atoms with E-state index in [9.17, 15) is 9.59 Å². The van der Waals surface area contributed by atoms with Gasteiger partial charge in [0.15, 0.2) is 0 Å². The Balaban J connectivity index is 1.24. The van der Waals surface area contributed by atoms with Crippen LogP contribution in [0.15, 0.2) is 60.7 Å². The lowest BCUT2D eigenvalue weighted by Crippen LogP contribution is -2.40. The van der Waals surface area contributed by atoms with Crippen LogP contribution in [0.2, 0.25) is 0 Å². The molecule has 5 heteroatoms. The van der Waals surface area contributed by atoms with E-state index in [4.69, 9.17) is 0 Å². The minimum Gasteiger partial charge on any atom is -0.345 e. The van der Waals surface area contributed by atoms with Gasteiger partial charge >= 0.3 is 0 Å². The highest BCUT2D eigenvalue weighted by Gasteiger charge is 2.35. The van der Waals surface area contributed by atoms with Gasteiger partial charge in [0.1, 0.15) is 0 Å². The van der Waals surface area contributed by atoms with Crippen LogP contribution in [0.1, 0.15) is 37.7 Å². The molecular weight excluding hydrogens is 410 g/mol. The molecule has 0 radical (unpaired) electrons. The Bertz CT molecular complexity index is 894. The van der Waals surface area contributed by atoms with Crippen molar-refractivity contribution in [1.82, 2.24) is 9.80 Å². The molecule has 2 aromatic rings. The minimum atomic E-state index is -0.233. The third-order valence-electron chi connectivity index (χ3n) is 7.27. The number of nitrogens with zero attached hydrogens (tertiary/aromatic N) is 3. The second-order valence-electron chi connectivity index (χ2n) is 9.66. The van der Waals surface area contributed by atoms with Crippen LogP contribution in [0.3, 0.4) is 0 Å². The number of aryl methyl sites for hydroxylation is 1. The molecule has 0 bridgehead atoms. The summed E-state index contributed by atoms with van der Waals surface area (Å²) in [4.78, 5) is 31.4. The second-order valence-corrected chi connectivity index (χ2v) is 9.66. The Hall–Kier alpha value is -2.66. The van der Waals surface area contributed by atoms with Crippen LogP contribution in [-0.2, 0) is 16.0 Å².